The van der Waals surface area contributed by atoms with Crippen LogP contribution in [-0.2, 0) is 11.3 Å². The molecule has 0 saturated carbocycles. The van der Waals surface area contributed by atoms with Crippen LogP contribution in [0.1, 0.15) is 18.1 Å². The van der Waals surface area contributed by atoms with Gasteiger partial charge in [0.15, 0.2) is 6.04 Å². The molecular weight excluding hydrogens is 250 g/mol. The number of hydrogen-bond donors (Lipinski definition) is 4. The highest BCUT2D eigenvalue weighted by Crippen LogP contribution is 2.04. The summed E-state index contributed by atoms with van der Waals surface area (Å²) in [7, 11) is 0. The number of nitrogens with zero attached hydrogens (tertiary/aromatic N) is 1. The van der Waals surface area contributed by atoms with E-state index in [-0.39, 0.29) is 6.54 Å². The van der Waals surface area contributed by atoms with Crippen molar-refractivity contribution in [1.82, 2.24) is 15.6 Å². The van der Waals surface area contributed by atoms with Gasteiger partial charge in [0.25, 0.3) is 0 Å². The molecular formula is C12H17N3O4. The normalized spacial score (nSPS) is 13.4. The summed E-state index contributed by atoms with van der Waals surface area (Å²) < 4.78 is 0. The van der Waals surface area contributed by atoms with Crippen LogP contribution in [0.15, 0.2) is 18.5 Å². The minimum absolute atomic E-state index is 0.256. The Labute approximate surface area is 110 Å². The van der Waals surface area contributed by atoms with Crippen molar-refractivity contribution in [2.24, 2.45) is 0 Å². The van der Waals surface area contributed by atoms with E-state index >= 15 is 0 Å². The van der Waals surface area contributed by atoms with Crippen LogP contribution in [0.5, 0.6) is 0 Å². The average Bonchev–Trinajstić information content (AvgIpc) is 2.34. The first-order valence-corrected chi connectivity index (χ1v) is 5.76. The fourth-order valence-corrected chi connectivity index (χ4v) is 1.46. The number of aryl methyl sites for hydroxylation is 1. The quantitative estimate of drug-likeness (QED) is 0.601. The highest BCUT2D eigenvalue weighted by atomic mass is 16.4. The van der Waals surface area contributed by atoms with Crippen LogP contribution < -0.4 is 10.6 Å². The first-order valence-electron chi connectivity index (χ1n) is 5.76. The molecule has 0 saturated heterocycles. The molecule has 1 heterocycles. The van der Waals surface area contributed by atoms with Gasteiger partial charge in [-0.2, -0.15) is 0 Å². The summed E-state index contributed by atoms with van der Waals surface area (Å²) in [5.74, 6) is -1.29. The van der Waals surface area contributed by atoms with Gasteiger partial charge in [-0.1, -0.05) is 0 Å². The summed E-state index contributed by atoms with van der Waals surface area (Å²) >= 11 is 0. The summed E-state index contributed by atoms with van der Waals surface area (Å²) in [5.41, 5.74) is 1.81. The van der Waals surface area contributed by atoms with Gasteiger partial charge >= 0.3 is 12.0 Å². The Balaban J connectivity index is 2.52. The average molecular weight is 267 g/mol. The molecule has 2 amide bonds. The number of urea groups is 1. The molecule has 0 aliphatic heterocycles. The van der Waals surface area contributed by atoms with Gasteiger partial charge in [-0.3, -0.25) is 4.98 Å². The van der Waals surface area contributed by atoms with Gasteiger partial charge in [0.2, 0.25) is 0 Å². The molecule has 1 rings (SSSR count). The predicted molar refractivity (Wildman–Crippen MR) is 67.5 cm³/mol. The lowest BCUT2D eigenvalue weighted by Gasteiger charge is -2.17. The Morgan fingerprint density at radius 3 is 2.68 bits per heavy atom. The van der Waals surface area contributed by atoms with E-state index in [1.54, 1.807) is 18.5 Å². The number of aromatic nitrogens is 1. The zero-order valence-corrected chi connectivity index (χ0v) is 10.8. The van der Waals surface area contributed by atoms with Crippen LogP contribution in [0.25, 0.3) is 0 Å². The Morgan fingerprint density at radius 1 is 1.47 bits per heavy atom. The molecule has 104 valence electrons. The zero-order chi connectivity index (χ0) is 14.4. The molecule has 1 aromatic heterocycles. The maximum Gasteiger partial charge on any atom is 0.328 e. The summed E-state index contributed by atoms with van der Waals surface area (Å²) in [6, 6.07) is -0.220. The monoisotopic (exact) mass is 267 g/mol. The molecule has 0 bridgehead atoms. The molecule has 1 aromatic rings. The molecule has 7 nitrogen and oxygen atoms in total. The molecule has 0 radical (unpaired) electrons. The number of carboxylic acids is 1. The summed E-state index contributed by atoms with van der Waals surface area (Å²) in [4.78, 5) is 26.3. The van der Waals surface area contributed by atoms with E-state index in [0.717, 1.165) is 11.1 Å². The van der Waals surface area contributed by atoms with E-state index in [4.69, 9.17) is 5.11 Å². The number of nitrogens with one attached hydrogen (secondary N) is 2. The number of carbonyl (C=O) groups excluding carboxylic acids is 1. The topological polar surface area (TPSA) is 112 Å². The third-order valence-corrected chi connectivity index (χ3v) is 2.61. The van der Waals surface area contributed by atoms with Crippen molar-refractivity contribution in [3.63, 3.8) is 0 Å². The van der Waals surface area contributed by atoms with E-state index < -0.39 is 24.1 Å². The van der Waals surface area contributed by atoms with Crippen LogP contribution in [-0.4, -0.2) is 39.3 Å². The minimum Gasteiger partial charge on any atom is -0.480 e. The van der Waals surface area contributed by atoms with Crippen LogP contribution in [0.4, 0.5) is 4.79 Å². The second-order valence-electron chi connectivity index (χ2n) is 4.19. The first kappa shape index (κ1) is 14.9. The Kier molecular flexibility index (Phi) is 5.25. The van der Waals surface area contributed by atoms with E-state index in [1.165, 1.54) is 6.92 Å². The smallest absolute Gasteiger partial charge is 0.328 e. The fourth-order valence-electron chi connectivity index (χ4n) is 1.46. The van der Waals surface area contributed by atoms with Gasteiger partial charge in [0, 0.05) is 18.9 Å². The van der Waals surface area contributed by atoms with Crippen LogP contribution >= 0.6 is 0 Å². The SMILES string of the molecule is Cc1cnccc1CNC(=O)N[C@H](C(=O)O)[C@@H](C)O. The number of rotatable bonds is 5. The molecule has 19 heavy (non-hydrogen) atoms. The minimum atomic E-state index is -1.33. The maximum absolute atomic E-state index is 11.5. The van der Waals surface area contributed by atoms with Crippen LogP contribution in [0.3, 0.4) is 0 Å². The van der Waals surface area contributed by atoms with Gasteiger partial charge in [-0.25, -0.2) is 9.59 Å². The lowest BCUT2D eigenvalue weighted by Crippen LogP contribution is -2.51. The maximum atomic E-state index is 11.5. The molecule has 2 atom stereocenters. The third kappa shape index (κ3) is 4.55. The third-order valence-electron chi connectivity index (χ3n) is 2.61. The number of carbonyl (C=O) groups is 2. The summed E-state index contributed by atoms with van der Waals surface area (Å²) in [6.45, 7) is 3.41. The van der Waals surface area contributed by atoms with Crippen molar-refractivity contribution < 1.29 is 19.8 Å². The first-order chi connectivity index (χ1) is 8.91. The molecule has 0 aliphatic carbocycles. The fraction of sp³-hybridized carbons (Fsp3) is 0.417. The van der Waals surface area contributed by atoms with Crippen molar-refractivity contribution in [3.05, 3.63) is 29.6 Å². The second-order valence-corrected chi connectivity index (χ2v) is 4.19. The number of amides is 2. The number of aliphatic carboxylic acids is 1. The highest BCUT2D eigenvalue weighted by Gasteiger charge is 2.24. The number of pyridine rings is 1. The molecule has 0 unspecified atom stereocenters. The van der Waals surface area contributed by atoms with Crippen LogP contribution in [0, 0.1) is 6.92 Å². The highest BCUT2D eigenvalue weighted by molar-refractivity contribution is 5.82. The van der Waals surface area contributed by atoms with Crippen molar-refractivity contribution in [2.75, 3.05) is 0 Å². The zero-order valence-electron chi connectivity index (χ0n) is 10.8. The predicted octanol–water partition coefficient (Wildman–Crippen LogP) is 0.0232. The lowest BCUT2D eigenvalue weighted by molar-refractivity contribution is -0.141. The van der Waals surface area contributed by atoms with Crippen molar-refractivity contribution >= 4 is 12.0 Å². The van der Waals surface area contributed by atoms with E-state index in [9.17, 15) is 14.7 Å². The van der Waals surface area contributed by atoms with Gasteiger partial charge in [0.1, 0.15) is 0 Å². The van der Waals surface area contributed by atoms with Crippen molar-refractivity contribution in [1.29, 1.82) is 0 Å². The number of aliphatic hydroxyl groups is 1. The lowest BCUT2D eigenvalue weighted by atomic mass is 10.1. The van der Waals surface area contributed by atoms with E-state index in [1.807, 2.05) is 6.92 Å². The van der Waals surface area contributed by atoms with E-state index in [2.05, 4.69) is 15.6 Å². The van der Waals surface area contributed by atoms with E-state index in [0.29, 0.717) is 0 Å². The van der Waals surface area contributed by atoms with Gasteiger partial charge in [0.05, 0.1) is 6.10 Å². The second kappa shape index (κ2) is 6.69. The summed E-state index contributed by atoms with van der Waals surface area (Å²) in [5, 5.41) is 22.8. The van der Waals surface area contributed by atoms with Crippen molar-refractivity contribution in [2.45, 2.75) is 32.5 Å². The Hall–Kier alpha value is -2.15. The molecule has 4 N–H and O–H groups in total. The summed E-state index contributed by atoms with van der Waals surface area (Å²) in [6.07, 6.45) is 2.11. The van der Waals surface area contributed by atoms with Gasteiger partial charge in [-0.05, 0) is 31.0 Å². The standard InChI is InChI=1S/C12H17N3O4/c1-7-5-13-4-3-9(7)6-14-12(19)15-10(8(2)16)11(17)18/h3-5,8,10,16H,6H2,1-2H3,(H,17,18)(H2,14,15,19)/t8-,10+/m1/s1. The largest absolute Gasteiger partial charge is 0.480 e. The molecule has 0 aromatic carbocycles. The molecule has 0 aliphatic rings. The number of carboxylic acid groups (broad SMARTS) is 1. The van der Waals surface area contributed by atoms with Gasteiger partial charge < -0.3 is 20.8 Å². The van der Waals surface area contributed by atoms with Gasteiger partial charge in [-0.15, -0.1) is 0 Å². The Bertz CT molecular complexity index is 462. The molecule has 0 fully saturated rings. The molecule has 7 heteroatoms. The van der Waals surface area contributed by atoms with Crippen LogP contribution in [0.2, 0.25) is 0 Å². The number of hydrogen-bond acceptors (Lipinski definition) is 4. The Morgan fingerprint density at radius 2 is 2.16 bits per heavy atom. The molecule has 0 spiro atoms. The number of aliphatic hydroxyl groups excluding tert-OH is 1. The van der Waals surface area contributed by atoms with Crippen molar-refractivity contribution in [3.8, 4) is 0 Å².